The number of rotatable bonds is 5. The van der Waals surface area contributed by atoms with E-state index >= 15 is 0 Å². The van der Waals surface area contributed by atoms with Gasteiger partial charge < -0.3 is 10.3 Å². The number of benzene rings is 1. The van der Waals surface area contributed by atoms with Crippen LogP contribution in [0.25, 0.3) is 0 Å². The van der Waals surface area contributed by atoms with Gasteiger partial charge in [-0.2, -0.15) is 0 Å². The lowest BCUT2D eigenvalue weighted by molar-refractivity contribution is -0.113. The minimum atomic E-state index is -0.0932. The Morgan fingerprint density at radius 3 is 2.92 bits per heavy atom. The fraction of sp³-hybridized carbons (Fsp3) is 0.421. The third-order valence-electron chi connectivity index (χ3n) is 4.45. The van der Waals surface area contributed by atoms with Crippen molar-refractivity contribution < 1.29 is 4.79 Å². The number of fused-ring (bicyclic) bond motifs is 1. The van der Waals surface area contributed by atoms with Gasteiger partial charge in [0.2, 0.25) is 5.91 Å². The average molecular weight is 357 g/mol. The van der Waals surface area contributed by atoms with E-state index in [0.29, 0.717) is 11.1 Å². The third-order valence-corrected chi connectivity index (χ3v) is 5.32. The second-order valence-electron chi connectivity index (χ2n) is 6.68. The van der Waals surface area contributed by atoms with Gasteiger partial charge in [-0.25, -0.2) is 4.98 Å². The number of para-hydroxylation sites is 1. The van der Waals surface area contributed by atoms with Crippen LogP contribution in [0.3, 0.4) is 0 Å². The highest BCUT2D eigenvalue weighted by Crippen LogP contribution is 2.28. The molecule has 1 aromatic heterocycles. The van der Waals surface area contributed by atoms with Crippen molar-refractivity contribution in [3.05, 3.63) is 50.9 Å². The maximum Gasteiger partial charge on any atom is 0.254 e. The minimum Gasteiger partial charge on any atom is -0.325 e. The molecule has 2 aromatic rings. The first kappa shape index (κ1) is 17.7. The molecule has 1 aliphatic carbocycles. The summed E-state index contributed by atoms with van der Waals surface area (Å²) in [5.41, 5.74) is 4.68. The van der Waals surface area contributed by atoms with Gasteiger partial charge in [0.1, 0.15) is 0 Å². The Morgan fingerprint density at radius 2 is 2.16 bits per heavy atom. The van der Waals surface area contributed by atoms with Crippen LogP contribution in [0.1, 0.15) is 48.6 Å². The zero-order chi connectivity index (χ0) is 18.0. The number of nitrogens with zero attached hydrogens (tertiary/aromatic N) is 1. The monoisotopic (exact) mass is 357 g/mol. The number of anilines is 1. The number of hydrogen-bond donors (Lipinski definition) is 2. The molecule has 1 aromatic carbocycles. The number of hydrogen-bond acceptors (Lipinski definition) is 4. The van der Waals surface area contributed by atoms with Crippen LogP contribution >= 0.6 is 11.8 Å². The molecule has 0 fully saturated rings. The van der Waals surface area contributed by atoms with E-state index in [9.17, 15) is 9.59 Å². The maximum atomic E-state index is 12.4. The summed E-state index contributed by atoms with van der Waals surface area (Å²) in [6, 6.07) is 6.04. The summed E-state index contributed by atoms with van der Waals surface area (Å²) < 4.78 is 0. The molecule has 0 atom stereocenters. The molecule has 1 amide bonds. The summed E-state index contributed by atoms with van der Waals surface area (Å²) in [6.45, 7) is 6.21. The van der Waals surface area contributed by atoms with Crippen LogP contribution in [0.2, 0.25) is 0 Å². The van der Waals surface area contributed by atoms with Crippen molar-refractivity contribution in [1.82, 2.24) is 9.97 Å². The number of carbonyl (C=O) groups is 1. The van der Waals surface area contributed by atoms with Crippen LogP contribution < -0.4 is 10.9 Å². The van der Waals surface area contributed by atoms with E-state index in [-0.39, 0.29) is 17.2 Å². The maximum absolute atomic E-state index is 12.4. The lowest BCUT2D eigenvalue weighted by Crippen LogP contribution is -2.18. The molecule has 1 aliphatic rings. The van der Waals surface area contributed by atoms with Crippen LogP contribution in [0.5, 0.6) is 0 Å². The van der Waals surface area contributed by atoms with Crippen LogP contribution in [-0.4, -0.2) is 21.6 Å². The highest BCUT2D eigenvalue weighted by atomic mass is 32.2. The molecule has 3 rings (SSSR count). The van der Waals surface area contributed by atoms with Gasteiger partial charge in [-0.05, 0) is 43.2 Å². The van der Waals surface area contributed by atoms with Crippen LogP contribution in [0.4, 0.5) is 5.69 Å². The number of amides is 1. The Labute approximate surface area is 151 Å². The Kier molecular flexibility index (Phi) is 5.27. The van der Waals surface area contributed by atoms with Crippen molar-refractivity contribution in [2.45, 2.75) is 51.1 Å². The van der Waals surface area contributed by atoms with Crippen molar-refractivity contribution in [3.8, 4) is 0 Å². The molecule has 0 unspecified atom stereocenters. The van der Waals surface area contributed by atoms with Crippen molar-refractivity contribution in [2.24, 2.45) is 0 Å². The smallest absolute Gasteiger partial charge is 0.254 e. The summed E-state index contributed by atoms with van der Waals surface area (Å²) >= 11 is 1.27. The average Bonchev–Trinajstić information content (AvgIpc) is 3.03. The van der Waals surface area contributed by atoms with Crippen molar-refractivity contribution in [3.63, 3.8) is 0 Å². The Hall–Kier alpha value is -2.08. The number of carbonyl (C=O) groups excluding carboxylic acids is 1. The summed E-state index contributed by atoms with van der Waals surface area (Å²) in [6.07, 6.45) is 2.62. The van der Waals surface area contributed by atoms with E-state index in [2.05, 4.69) is 29.1 Å². The van der Waals surface area contributed by atoms with Gasteiger partial charge in [-0.15, -0.1) is 0 Å². The first-order valence-electron chi connectivity index (χ1n) is 8.60. The Balaban J connectivity index is 1.69. The lowest BCUT2D eigenvalue weighted by Gasteiger charge is -2.16. The SMILES string of the molecule is Cc1cccc(C(C)C)c1NC(=O)CSc1nc2c(c(=O)[nH]1)CCC2. The van der Waals surface area contributed by atoms with Gasteiger partial charge in [0.25, 0.3) is 5.56 Å². The summed E-state index contributed by atoms with van der Waals surface area (Å²) in [5.74, 6) is 0.454. The molecule has 132 valence electrons. The minimum absolute atomic E-state index is 0.0635. The summed E-state index contributed by atoms with van der Waals surface area (Å²) in [7, 11) is 0. The molecule has 5 nitrogen and oxygen atoms in total. The number of aromatic amines is 1. The second kappa shape index (κ2) is 7.44. The summed E-state index contributed by atoms with van der Waals surface area (Å²) in [5, 5.41) is 3.54. The van der Waals surface area contributed by atoms with Crippen molar-refractivity contribution >= 4 is 23.4 Å². The molecule has 1 heterocycles. The number of H-pyrrole nitrogens is 1. The molecule has 6 heteroatoms. The molecule has 0 radical (unpaired) electrons. The normalized spacial score (nSPS) is 13.1. The first-order valence-corrected chi connectivity index (χ1v) is 9.58. The number of nitrogens with one attached hydrogen (secondary N) is 2. The fourth-order valence-electron chi connectivity index (χ4n) is 3.14. The standard InChI is InChI=1S/C19H23N3O2S/c1-11(2)13-7-4-6-12(3)17(13)21-16(23)10-25-19-20-15-9-5-8-14(15)18(24)22-19/h4,6-7,11H,5,8-10H2,1-3H3,(H,21,23)(H,20,22,24). The van der Waals surface area contributed by atoms with Gasteiger partial charge in [-0.3, -0.25) is 9.59 Å². The highest BCUT2D eigenvalue weighted by Gasteiger charge is 2.18. The van der Waals surface area contributed by atoms with E-state index < -0.39 is 0 Å². The van der Waals surface area contributed by atoms with Gasteiger partial charge in [-0.1, -0.05) is 43.8 Å². The Bertz CT molecular complexity index is 858. The number of aryl methyl sites for hydroxylation is 2. The predicted molar refractivity (Wildman–Crippen MR) is 102 cm³/mol. The summed E-state index contributed by atoms with van der Waals surface area (Å²) in [4.78, 5) is 31.7. The van der Waals surface area contributed by atoms with Crippen LogP contribution in [0, 0.1) is 6.92 Å². The molecule has 0 bridgehead atoms. The molecular formula is C19H23N3O2S. The van der Waals surface area contributed by atoms with E-state index in [4.69, 9.17) is 0 Å². The highest BCUT2D eigenvalue weighted by molar-refractivity contribution is 7.99. The zero-order valence-electron chi connectivity index (χ0n) is 14.8. The quantitative estimate of drug-likeness (QED) is 0.635. The topological polar surface area (TPSA) is 74.8 Å². The first-order chi connectivity index (χ1) is 12.0. The van der Waals surface area contributed by atoms with Gasteiger partial charge in [0.05, 0.1) is 11.4 Å². The third kappa shape index (κ3) is 3.95. The Morgan fingerprint density at radius 1 is 1.36 bits per heavy atom. The van der Waals surface area contributed by atoms with E-state index in [1.54, 1.807) is 0 Å². The van der Waals surface area contributed by atoms with Gasteiger partial charge >= 0.3 is 0 Å². The molecule has 0 spiro atoms. The van der Waals surface area contributed by atoms with E-state index in [0.717, 1.165) is 47.3 Å². The molecular weight excluding hydrogens is 334 g/mol. The van der Waals surface area contributed by atoms with Crippen molar-refractivity contribution in [1.29, 1.82) is 0 Å². The fourth-order valence-corrected chi connectivity index (χ4v) is 3.82. The zero-order valence-corrected chi connectivity index (χ0v) is 15.6. The molecule has 0 saturated carbocycles. The van der Waals surface area contributed by atoms with Gasteiger partial charge in [0, 0.05) is 11.3 Å². The molecule has 25 heavy (non-hydrogen) atoms. The van der Waals surface area contributed by atoms with Gasteiger partial charge in [0.15, 0.2) is 5.16 Å². The van der Waals surface area contributed by atoms with Crippen LogP contribution in [0.15, 0.2) is 28.2 Å². The predicted octanol–water partition coefficient (Wildman–Crippen LogP) is 3.42. The van der Waals surface area contributed by atoms with Crippen LogP contribution in [-0.2, 0) is 17.6 Å². The van der Waals surface area contributed by atoms with E-state index in [1.807, 2.05) is 25.1 Å². The molecule has 0 saturated heterocycles. The number of thioether (sulfide) groups is 1. The lowest BCUT2D eigenvalue weighted by atomic mass is 9.98. The largest absolute Gasteiger partial charge is 0.325 e. The van der Waals surface area contributed by atoms with Crippen molar-refractivity contribution in [2.75, 3.05) is 11.1 Å². The van der Waals surface area contributed by atoms with E-state index in [1.165, 1.54) is 11.8 Å². The molecule has 0 aliphatic heterocycles. The number of aromatic nitrogens is 2. The molecule has 2 N–H and O–H groups in total. The second-order valence-corrected chi connectivity index (χ2v) is 7.64.